The number of rotatable bonds is 7. The van der Waals surface area contributed by atoms with Crippen molar-refractivity contribution in [3.05, 3.63) is 64.0 Å². The molecule has 0 atom stereocenters. The lowest BCUT2D eigenvalue weighted by atomic mass is 10.2. The molecular formula is C18H18N2OS3. The van der Waals surface area contributed by atoms with Crippen LogP contribution in [0.5, 0.6) is 0 Å². The number of carbonyl (C=O) groups is 1. The Morgan fingerprint density at radius 1 is 1.21 bits per heavy atom. The van der Waals surface area contributed by atoms with E-state index in [4.69, 9.17) is 0 Å². The molecule has 0 saturated carbocycles. The van der Waals surface area contributed by atoms with Gasteiger partial charge in [0.15, 0.2) is 0 Å². The smallest absolute Gasteiger partial charge is 0.263 e. The Bertz CT molecular complexity index is 782. The van der Waals surface area contributed by atoms with Gasteiger partial charge < -0.3 is 5.32 Å². The van der Waals surface area contributed by atoms with Crippen molar-refractivity contribution >= 4 is 40.3 Å². The molecule has 2 heterocycles. The van der Waals surface area contributed by atoms with Crippen LogP contribution in [0, 0.1) is 6.92 Å². The van der Waals surface area contributed by atoms with Gasteiger partial charge in [-0.1, -0.05) is 36.4 Å². The summed E-state index contributed by atoms with van der Waals surface area (Å²) in [6.07, 6.45) is 0. The van der Waals surface area contributed by atoms with Crippen molar-refractivity contribution in [2.24, 2.45) is 0 Å². The summed E-state index contributed by atoms with van der Waals surface area (Å²) in [7, 11) is 0. The zero-order valence-corrected chi connectivity index (χ0v) is 15.8. The zero-order chi connectivity index (χ0) is 16.8. The summed E-state index contributed by atoms with van der Waals surface area (Å²) in [5, 5.41) is 5.94. The quantitative estimate of drug-likeness (QED) is 0.602. The molecule has 0 spiro atoms. The zero-order valence-electron chi connectivity index (χ0n) is 13.3. The number of hydrogen-bond donors (Lipinski definition) is 1. The molecule has 0 saturated heterocycles. The average molecular weight is 375 g/mol. The van der Waals surface area contributed by atoms with Crippen molar-refractivity contribution in [2.75, 3.05) is 12.3 Å². The van der Waals surface area contributed by atoms with Crippen molar-refractivity contribution in [1.29, 1.82) is 0 Å². The van der Waals surface area contributed by atoms with Crippen LogP contribution in [0.2, 0.25) is 0 Å². The molecule has 3 aromatic rings. The summed E-state index contributed by atoms with van der Waals surface area (Å²) in [5.74, 6) is 1.85. The number of aryl methyl sites for hydroxylation is 1. The van der Waals surface area contributed by atoms with E-state index in [0.29, 0.717) is 11.4 Å². The number of amides is 1. The van der Waals surface area contributed by atoms with Crippen molar-refractivity contribution in [1.82, 2.24) is 10.3 Å². The van der Waals surface area contributed by atoms with Gasteiger partial charge in [0.25, 0.3) is 5.91 Å². The number of benzene rings is 1. The van der Waals surface area contributed by atoms with Gasteiger partial charge >= 0.3 is 0 Å². The average Bonchev–Trinajstić information content (AvgIpc) is 3.24. The van der Waals surface area contributed by atoms with Crippen molar-refractivity contribution < 1.29 is 4.79 Å². The van der Waals surface area contributed by atoms with E-state index in [2.05, 4.69) is 34.6 Å². The van der Waals surface area contributed by atoms with Crippen LogP contribution in [0.15, 0.2) is 47.8 Å². The van der Waals surface area contributed by atoms with E-state index in [1.807, 2.05) is 42.3 Å². The molecule has 0 radical (unpaired) electrons. The highest BCUT2D eigenvalue weighted by Gasteiger charge is 2.16. The fraction of sp³-hybridized carbons (Fsp3) is 0.222. The first-order chi connectivity index (χ1) is 11.7. The number of thiazole rings is 1. The summed E-state index contributed by atoms with van der Waals surface area (Å²) >= 11 is 4.94. The monoisotopic (exact) mass is 374 g/mol. The van der Waals surface area contributed by atoms with Crippen LogP contribution in [0.1, 0.15) is 20.9 Å². The second kappa shape index (κ2) is 8.46. The fourth-order valence-electron chi connectivity index (χ4n) is 2.19. The van der Waals surface area contributed by atoms with E-state index in [1.165, 1.54) is 16.9 Å². The predicted octanol–water partition coefficient (Wildman–Crippen LogP) is 4.84. The van der Waals surface area contributed by atoms with E-state index < -0.39 is 0 Å². The minimum Gasteiger partial charge on any atom is -0.350 e. The molecule has 1 aromatic carbocycles. The van der Waals surface area contributed by atoms with Gasteiger partial charge in [-0.3, -0.25) is 4.79 Å². The standard InChI is InChI=1S/C18H18N2OS3/c1-13-16(24-18(20-13)15-8-5-10-23-15)17(21)19-9-11-22-12-14-6-3-2-4-7-14/h2-8,10H,9,11-12H2,1H3,(H,19,21). The molecule has 0 aliphatic rings. The molecule has 6 heteroatoms. The molecule has 0 aliphatic carbocycles. The Balaban J connectivity index is 1.47. The Labute approximate surface area is 154 Å². The second-order valence-electron chi connectivity index (χ2n) is 5.20. The number of nitrogens with zero attached hydrogens (tertiary/aromatic N) is 1. The third-order valence-corrected chi connectivity index (χ3v) is 6.60. The first-order valence-electron chi connectivity index (χ1n) is 7.65. The Hall–Kier alpha value is -1.63. The van der Waals surface area contributed by atoms with Gasteiger partial charge in [-0.15, -0.1) is 22.7 Å². The summed E-state index contributed by atoms with van der Waals surface area (Å²) in [4.78, 5) is 18.7. The highest BCUT2D eigenvalue weighted by Crippen LogP contribution is 2.30. The number of thiophene rings is 1. The first-order valence-corrected chi connectivity index (χ1v) is 10.5. The highest BCUT2D eigenvalue weighted by atomic mass is 32.2. The molecule has 124 valence electrons. The van der Waals surface area contributed by atoms with E-state index in [-0.39, 0.29) is 5.91 Å². The number of hydrogen-bond acceptors (Lipinski definition) is 5. The highest BCUT2D eigenvalue weighted by molar-refractivity contribution is 7.98. The maximum absolute atomic E-state index is 12.3. The van der Waals surface area contributed by atoms with Gasteiger partial charge in [0, 0.05) is 18.1 Å². The first kappa shape index (κ1) is 17.2. The van der Waals surface area contributed by atoms with Gasteiger partial charge in [0.05, 0.1) is 10.6 Å². The molecule has 0 bridgehead atoms. The minimum absolute atomic E-state index is 0.0203. The molecular weight excluding hydrogens is 356 g/mol. The van der Waals surface area contributed by atoms with Gasteiger partial charge in [-0.25, -0.2) is 4.98 Å². The van der Waals surface area contributed by atoms with Crippen LogP contribution in [0.25, 0.3) is 9.88 Å². The summed E-state index contributed by atoms with van der Waals surface area (Å²) < 4.78 is 0. The SMILES string of the molecule is Cc1nc(-c2cccs2)sc1C(=O)NCCSCc1ccccc1. The number of nitrogens with one attached hydrogen (secondary N) is 1. The third kappa shape index (κ3) is 4.47. The molecule has 0 fully saturated rings. The van der Waals surface area contributed by atoms with Crippen molar-refractivity contribution in [2.45, 2.75) is 12.7 Å². The minimum atomic E-state index is -0.0203. The van der Waals surface area contributed by atoms with Crippen LogP contribution >= 0.6 is 34.4 Å². The molecule has 0 unspecified atom stereocenters. The molecule has 0 aliphatic heterocycles. The largest absolute Gasteiger partial charge is 0.350 e. The second-order valence-corrected chi connectivity index (χ2v) is 8.26. The van der Waals surface area contributed by atoms with E-state index in [9.17, 15) is 4.79 Å². The van der Waals surface area contributed by atoms with Crippen LogP contribution in [-0.4, -0.2) is 23.2 Å². The van der Waals surface area contributed by atoms with Gasteiger partial charge in [-0.2, -0.15) is 11.8 Å². The van der Waals surface area contributed by atoms with E-state index >= 15 is 0 Å². The maximum Gasteiger partial charge on any atom is 0.263 e. The van der Waals surface area contributed by atoms with Crippen LogP contribution < -0.4 is 5.32 Å². The Morgan fingerprint density at radius 2 is 2.04 bits per heavy atom. The lowest BCUT2D eigenvalue weighted by molar-refractivity contribution is 0.0959. The predicted molar refractivity (Wildman–Crippen MR) is 105 cm³/mol. The third-order valence-electron chi connectivity index (χ3n) is 3.38. The van der Waals surface area contributed by atoms with Gasteiger partial charge in [-0.05, 0) is 23.9 Å². The van der Waals surface area contributed by atoms with E-state index in [1.54, 1.807) is 11.3 Å². The van der Waals surface area contributed by atoms with Gasteiger partial charge in [0.1, 0.15) is 9.88 Å². The molecule has 3 rings (SSSR count). The summed E-state index contributed by atoms with van der Waals surface area (Å²) in [5.41, 5.74) is 2.12. The maximum atomic E-state index is 12.3. The molecule has 1 amide bonds. The normalized spacial score (nSPS) is 10.7. The molecule has 1 N–H and O–H groups in total. The fourth-order valence-corrected chi connectivity index (χ4v) is 4.79. The molecule has 24 heavy (non-hydrogen) atoms. The number of thioether (sulfide) groups is 1. The number of carbonyl (C=O) groups excluding carboxylic acids is 1. The molecule has 2 aromatic heterocycles. The van der Waals surface area contributed by atoms with Crippen LogP contribution in [-0.2, 0) is 5.75 Å². The van der Waals surface area contributed by atoms with Crippen LogP contribution in [0.4, 0.5) is 0 Å². The van der Waals surface area contributed by atoms with Crippen LogP contribution in [0.3, 0.4) is 0 Å². The van der Waals surface area contributed by atoms with E-state index in [0.717, 1.165) is 27.1 Å². The Morgan fingerprint density at radius 3 is 2.79 bits per heavy atom. The van der Waals surface area contributed by atoms with Crippen molar-refractivity contribution in [3.8, 4) is 9.88 Å². The summed E-state index contributed by atoms with van der Waals surface area (Å²) in [6, 6.07) is 14.4. The Kier molecular flexibility index (Phi) is 6.07. The summed E-state index contributed by atoms with van der Waals surface area (Å²) in [6.45, 7) is 2.56. The van der Waals surface area contributed by atoms with Gasteiger partial charge in [0.2, 0.25) is 0 Å². The topological polar surface area (TPSA) is 42.0 Å². The lowest BCUT2D eigenvalue weighted by Crippen LogP contribution is -2.25. The number of aromatic nitrogens is 1. The molecule has 3 nitrogen and oxygen atoms in total. The van der Waals surface area contributed by atoms with Crippen molar-refractivity contribution in [3.63, 3.8) is 0 Å². The lowest BCUT2D eigenvalue weighted by Gasteiger charge is -2.04.